The lowest BCUT2D eigenvalue weighted by Crippen LogP contribution is -2.50. The molecule has 0 aromatic carbocycles. The van der Waals surface area contributed by atoms with Gasteiger partial charge in [-0.3, -0.25) is 9.59 Å². The van der Waals surface area contributed by atoms with Gasteiger partial charge in [0.2, 0.25) is 0 Å². The number of likely N-dealkylation sites (N-methyl/N-ethyl adjacent to an activating group) is 1. The van der Waals surface area contributed by atoms with Crippen molar-refractivity contribution in [3.63, 3.8) is 0 Å². The van der Waals surface area contributed by atoms with Gasteiger partial charge < -0.3 is 23.8 Å². The quantitative estimate of drug-likeness (QED) is 0.0286. The highest BCUT2D eigenvalue weighted by molar-refractivity contribution is 5.72. The average Bonchev–Trinajstić information content (AvgIpc) is 3.15. The van der Waals surface area contributed by atoms with Crippen molar-refractivity contribution in [1.82, 2.24) is 0 Å². The first-order valence-corrected chi connectivity index (χ1v) is 22.7. The first-order valence-electron chi connectivity index (χ1n) is 22.7. The number of hydrogen-bond donors (Lipinski definition) is 1. The minimum atomic E-state index is -0.882. The van der Waals surface area contributed by atoms with E-state index in [4.69, 9.17) is 14.2 Å². The number of quaternary nitrogens is 1. The molecule has 0 heterocycles. The molecule has 0 fully saturated rings. The van der Waals surface area contributed by atoms with Gasteiger partial charge in [0.15, 0.2) is 12.1 Å². The Labute approximate surface area is 344 Å². The maximum absolute atomic E-state index is 12.7. The molecule has 56 heavy (non-hydrogen) atoms. The summed E-state index contributed by atoms with van der Waals surface area (Å²) >= 11 is 0. The molecule has 2 unspecified atom stereocenters. The zero-order valence-electron chi connectivity index (χ0n) is 36.8. The molecule has 2 atom stereocenters. The van der Waals surface area contributed by atoms with Crippen LogP contribution >= 0.6 is 0 Å². The van der Waals surface area contributed by atoms with Gasteiger partial charge in [0.05, 0.1) is 34.4 Å². The Kier molecular flexibility index (Phi) is 37.2. The SMILES string of the molecule is CC/C=C/C=C/C=C/C=C/CCCCCC(=O)OC(COCCC(C(=O)O)[N+](C)(C)C)COC(=O)CCCCCCCCCCCCCCCCCCCCC. The Bertz CT molecular complexity index is 1060. The molecule has 0 aliphatic heterocycles. The van der Waals surface area contributed by atoms with Crippen LogP contribution in [-0.4, -0.2) is 80.6 Å². The van der Waals surface area contributed by atoms with Gasteiger partial charge in [0, 0.05) is 19.3 Å². The van der Waals surface area contributed by atoms with Gasteiger partial charge in [-0.1, -0.05) is 184 Å². The highest BCUT2D eigenvalue weighted by Crippen LogP contribution is 2.16. The van der Waals surface area contributed by atoms with Crippen LogP contribution in [0, 0.1) is 0 Å². The summed E-state index contributed by atoms with van der Waals surface area (Å²) in [6.45, 7) is 4.56. The summed E-state index contributed by atoms with van der Waals surface area (Å²) in [5, 5.41) is 9.61. The average molecular weight is 789 g/mol. The molecule has 0 amide bonds. The minimum absolute atomic E-state index is 0.0458. The first-order chi connectivity index (χ1) is 27.1. The summed E-state index contributed by atoms with van der Waals surface area (Å²) in [5.74, 6) is -1.51. The van der Waals surface area contributed by atoms with Crippen LogP contribution in [0.4, 0.5) is 0 Å². The number of hydrogen-bond acceptors (Lipinski definition) is 6. The van der Waals surface area contributed by atoms with Gasteiger partial charge in [-0.05, 0) is 32.1 Å². The number of carboxylic acid groups (broad SMARTS) is 1. The van der Waals surface area contributed by atoms with Crippen LogP contribution in [0.15, 0.2) is 48.6 Å². The summed E-state index contributed by atoms with van der Waals surface area (Å²) in [5.41, 5.74) is 0. The van der Waals surface area contributed by atoms with Gasteiger partial charge in [0.25, 0.3) is 0 Å². The van der Waals surface area contributed by atoms with E-state index in [1.807, 2.05) is 57.6 Å². The van der Waals surface area contributed by atoms with E-state index >= 15 is 0 Å². The standard InChI is InChI=1S/C48H85NO7/c1-6-8-10-12-14-16-18-20-21-22-23-24-25-27-28-30-32-34-36-38-46(50)55-43-44(42-54-41-40-45(48(52)53)49(3,4)5)56-47(51)39-37-35-33-31-29-26-19-17-15-13-11-9-7-2/h9,11,13,15,17,19,26,29,44-45H,6-8,10,12,14,16,18,20-25,27-28,30-43H2,1-5H3/p+1/b11-9+,15-13+,19-17+,29-26+. The smallest absolute Gasteiger partial charge is 0.362 e. The fourth-order valence-electron chi connectivity index (χ4n) is 6.57. The molecule has 0 bridgehead atoms. The molecule has 8 nitrogen and oxygen atoms in total. The second-order valence-corrected chi connectivity index (χ2v) is 16.4. The van der Waals surface area contributed by atoms with Crippen LogP contribution in [0.5, 0.6) is 0 Å². The lowest BCUT2D eigenvalue weighted by atomic mass is 10.0. The molecule has 324 valence electrons. The van der Waals surface area contributed by atoms with Crippen molar-refractivity contribution in [1.29, 1.82) is 0 Å². The largest absolute Gasteiger partial charge is 0.477 e. The Morgan fingerprint density at radius 1 is 0.554 bits per heavy atom. The highest BCUT2D eigenvalue weighted by atomic mass is 16.6. The molecule has 0 aromatic heterocycles. The van der Waals surface area contributed by atoms with E-state index in [9.17, 15) is 19.5 Å². The fourth-order valence-corrected chi connectivity index (χ4v) is 6.57. The van der Waals surface area contributed by atoms with E-state index in [-0.39, 0.29) is 42.7 Å². The summed E-state index contributed by atoms with van der Waals surface area (Å²) in [7, 11) is 5.51. The Morgan fingerprint density at radius 3 is 1.48 bits per heavy atom. The van der Waals surface area contributed by atoms with Crippen molar-refractivity contribution >= 4 is 17.9 Å². The number of nitrogens with zero attached hydrogens (tertiary/aromatic N) is 1. The van der Waals surface area contributed by atoms with E-state index in [1.165, 1.54) is 103 Å². The lowest BCUT2D eigenvalue weighted by molar-refractivity contribution is -0.887. The number of unbranched alkanes of at least 4 members (excludes halogenated alkanes) is 21. The number of carbonyl (C=O) groups is 3. The maximum atomic E-state index is 12.7. The zero-order valence-corrected chi connectivity index (χ0v) is 36.8. The van der Waals surface area contributed by atoms with Crippen LogP contribution in [-0.2, 0) is 28.6 Å². The predicted octanol–water partition coefficient (Wildman–Crippen LogP) is 12.4. The molecule has 0 aliphatic carbocycles. The Morgan fingerprint density at radius 2 is 1.00 bits per heavy atom. The van der Waals surface area contributed by atoms with Gasteiger partial charge in [-0.25, -0.2) is 4.79 Å². The molecule has 0 rings (SSSR count). The molecule has 0 saturated carbocycles. The van der Waals surface area contributed by atoms with Crippen molar-refractivity contribution in [3.05, 3.63) is 48.6 Å². The van der Waals surface area contributed by atoms with Gasteiger partial charge in [-0.15, -0.1) is 0 Å². The number of aliphatic carboxylic acids is 1. The number of esters is 2. The van der Waals surface area contributed by atoms with Crippen LogP contribution in [0.1, 0.15) is 187 Å². The van der Waals surface area contributed by atoms with Crippen LogP contribution in [0.2, 0.25) is 0 Å². The van der Waals surface area contributed by atoms with Crippen molar-refractivity contribution in [2.75, 3.05) is 41.0 Å². The molecule has 0 aliphatic rings. The van der Waals surface area contributed by atoms with Crippen molar-refractivity contribution < 1.29 is 38.2 Å². The number of allylic oxidation sites excluding steroid dienone is 8. The van der Waals surface area contributed by atoms with E-state index < -0.39 is 18.1 Å². The monoisotopic (exact) mass is 789 g/mol. The van der Waals surface area contributed by atoms with Crippen LogP contribution in [0.25, 0.3) is 0 Å². The van der Waals surface area contributed by atoms with E-state index in [2.05, 4.69) is 26.0 Å². The molecular weight excluding hydrogens is 703 g/mol. The molecule has 0 spiro atoms. The number of ether oxygens (including phenoxy) is 3. The number of rotatable bonds is 40. The summed E-state index contributed by atoms with van der Waals surface area (Å²) < 4.78 is 17.2. The number of carboxylic acids is 1. The predicted molar refractivity (Wildman–Crippen MR) is 234 cm³/mol. The van der Waals surface area contributed by atoms with Crippen molar-refractivity contribution in [3.8, 4) is 0 Å². The molecule has 0 aromatic rings. The fraction of sp³-hybridized carbons (Fsp3) is 0.771. The molecule has 8 heteroatoms. The highest BCUT2D eigenvalue weighted by Gasteiger charge is 2.31. The van der Waals surface area contributed by atoms with E-state index in [0.717, 1.165) is 44.9 Å². The zero-order chi connectivity index (χ0) is 41.4. The van der Waals surface area contributed by atoms with Crippen molar-refractivity contribution in [2.24, 2.45) is 0 Å². The topological polar surface area (TPSA) is 99.1 Å². The second kappa shape index (κ2) is 39.1. The normalized spacial score (nSPS) is 13.4. The summed E-state index contributed by atoms with van der Waals surface area (Å²) in [4.78, 5) is 37.0. The van der Waals surface area contributed by atoms with Crippen LogP contribution < -0.4 is 0 Å². The first kappa shape index (κ1) is 53.3. The Balaban J connectivity index is 4.31. The summed E-state index contributed by atoms with van der Waals surface area (Å²) in [6.07, 6.45) is 45.9. The second-order valence-electron chi connectivity index (χ2n) is 16.4. The van der Waals surface area contributed by atoms with E-state index in [1.54, 1.807) is 0 Å². The minimum Gasteiger partial charge on any atom is -0.477 e. The van der Waals surface area contributed by atoms with Gasteiger partial charge >= 0.3 is 17.9 Å². The van der Waals surface area contributed by atoms with E-state index in [0.29, 0.717) is 19.3 Å². The molecular formula is C48H86NO7+. The third kappa shape index (κ3) is 36.9. The van der Waals surface area contributed by atoms with Gasteiger partial charge in [0.1, 0.15) is 6.61 Å². The molecule has 0 radical (unpaired) electrons. The molecule has 1 N–H and O–H groups in total. The molecule has 0 saturated heterocycles. The van der Waals surface area contributed by atoms with Crippen LogP contribution in [0.3, 0.4) is 0 Å². The maximum Gasteiger partial charge on any atom is 0.362 e. The Hall–Kier alpha value is -2.71. The lowest BCUT2D eigenvalue weighted by Gasteiger charge is -2.31. The summed E-state index contributed by atoms with van der Waals surface area (Å²) in [6, 6.07) is -0.622. The van der Waals surface area contributed by atoms with Gasteiger partial charge in [-0.2, -0.15) is 0 Å². The third-order valence-corrected chi connectivity index (χ3v) is 10.1. The number of carbonyl (C=O) groups excluding carboxylic acids is 2. The third-order valence-electron chi connectivity index (χ3n) is 10.1. The van der Waals surface area contributed by atoms with Crippen molar-refractivity contribution in [2.45, 2.75) is 199 Å².